The second-order valence-corrected chi connectivity index (χ2v) is 8.94. The van der Waals surface area contributed by atoms with E-state index in [0.717, 1.165) is 32.3 Å². The normalized spacial score (nSPS) is 37.0. The molecule has 0 radical (unpaired) electrons. The third-order valence-corrected chi connectivity index (χ3v) is 7.49. The van der Waals surface area contributed by atoms with Crippen molar-refractivity contribution in [2.45, 2.75) is 76.7 Å². The van der Waals surface area contributed by atoms with Crippen molar-refractivity contribution in [1.82, 2.24) is 0 Å². The van der Waals surface area contributed by atoms with Gasteiger partial charge in [-0.3, -0.25) is 4.21 Å². The van der Waals surface area contributed by atoms with Crippen molar-refractivity contribution in [2.75, 3.05) is 12.4 Å². The van der Waals surface area contributed by atoms with Gasteiger partial charge in [-0.2, -0.15) is 0 Å². The lowest BCUT2D eigenvalue weighted by molar-refractivity contribution is 0.127. The molecule has 2 aliphatic rings. The number of hydrogen-bond donors (Lipinski definition) is 1. The van der Waals surface area contributed by atoms with Crippen LogP contribution in [0, 0.1) is 11.3 Å². The highest BCUT2D eigenvalue weighted by Crippen LogP contribution is 2.41. The first kappa shape index (κ1) is 16.4. The van der Waals surface area contributed by atoms with Crippen LogP contribution >= 0.6 is 0 Å². The van der Waals surface area contributed by atoms with Crippen LogP contribution in [0.15, 0.2) is 0 Å². The molecule has 0 aromatic rings. The zero-order valence-electron chi connectivity index (χ0n) is 13.3. The Hall–Kier alpha value is 0.0700. The van der Waals surface area contributed by atoms with Crippen molar-refractivity contribution in [3.8, 4) is 0 Å². The molecule has 20 heavy (non-hydrogen) atoms. The highest BCUT2D eigenvalue weighted by atomic mass is 32.2. The van der Waals surface area contributed by atoms with E-state index in [-0.39, 0.29) is 17.4 Å². The molecule has 1 aliphatic carbocycles. The van der Waals surface area contributed by atoms with Crippen LogP contribution in [0.3, 0.4) is 0 Å². The lowest BCUT2D eigenvalue weighted by atomic mass is 9.69. The number of nitrogens with two attached hydrogens (primary N) is 1. The quantitative estimate of drug-likeness (QED) is 0.849. The summed E-state index contributed by atoms with van der Waals surface area (Å²) < 4.78 is 18.3. The molecule has 4 heteroatoms. The number of rotatable bonds is 5. The third-order valence-electron chi connectivity index (χ3n) is 5.57. The first-order valence-corrected chi connectivity index (χ1v) is 9.56. The van der Waals surface area contributed by atoms with Crippen molar-refractivity contribution in [2.24, 2.45) is 17.1 Å². The Morgan fingerprint density at radius 3 is 2.65 bits per heavy atom. The average Bonchev–Trinajstić information content (AvgIpc) is 2.91. The van der Waals surface area contributed by atoms with E-state index in [4.69, 9.17) is 10.5 Å². The van der Waals surface area contributed by atoms with Crippen LogP contribution in [0.25, 0.3) is 0 Å². The molecule has 0 aromatic carbocycles. The van der Waals surface area contributed by atoms with Gasteiger partial charge in [0.2, 0.25) is 0 Å². The van der Waals surface area contributed by atoms with Crippen LogP contribution in [0.1, 0.15) is 59.3 Å². The molecule has 0 bridgehead atoms. The van der Waals surface area contributed by atoms with E-state index in [2.05, 4.69) is 20.8 Å². The molecule has 1 saturated carbocycles. The van der Waals surface area contributed by atoms with E-state index in [1.54, 1.807) is 0 Å². The summed E-state index contributed by atoms with van der Waals surface area (Å²) in [5.74, 6) is 1.35. The third kappa shape index (κ3) is 3.83. The summed E-state index contributed by atoms with van der Waals surface area (Å²) in [6.07, 6.45) is 6.81. The first-order chi connectivity index (χ1) is 9.44. The Morgan fingerprint density at radius 1 is 1.30 bits per heavy atom. The monoisotopic (exact) mass is 301 g/mol. The van der Waals surface area contributed by atoms with Crippen molar-refractivity contribution >= 4 is 10.8 Å². The molecule has 2 fully saturated rings. The minimum absolute atomic E-state index is 0.112. The van der Waals surface area contributed by atoms with Crippen LogP contribution in [-0.2, 0) is 15.5 Å². The van der Waals surface area contributed by atoms with Gasteiger partial charge in [0, 0.05) is 23.4 Å². The Balaban J connectivity index is 1.95. The molecule has 3 nitrogen and oxygen atoms in total. The van der Waals surface area contributed by atoms with Crippen molar-refractivity contribution < 1.29 is 8.95 Å². The summed E-state index contributed by atoms with van der Waals surface area (Å²) in [6.45, 7) is 7.78. The van der Waals surface area contributed by atoms with Crippen LogP contribution in [0.4, 0.5) is 0 Å². The van der Waals surface area contributed by atoms with E-state index < -0.39 is 10.8 Å². The van der Waals surface area contributed by atoms with Gasteiger partial charge >= 0.3 is 0 Å². The lowest BCUT2D eigenvalue weighted by Crippen LogP contribution is -2.47. The summed E-state index contributed by atoms with van der Waals surface area (Å²) in [5.41, 5.74) is 6.61. The van der Waals surface area contributed by atoms with Gasteiger partial charge in [-0.25, -0.2) is 0 Å². The first-order valence-electron chi connectivity index (χ1n) is 8.18. The second-order valence-electron chi connectivity index (χ2n) is 7.24. The van der Waals surface area contributed by atoms with Crippen LogP contribution in [-0.4, -0.2) is 34.0 Å². The summed E-state index contributed by atoms with van der Waals surface area (Å²) >= 11 is 0. The van der Waals surface area contributed by atoms with Gasteiger partial charge in [0.15, 0.2) is 0 Å². The van der Waals surface area contributed by atoms with Gasteiger partial charge in [0.25, 0.3) is 0 Å². The zero-order valence-corrected chi connectivity index (χ0v) is 14.1. The average molecular weight is 301 g/mol. The second kappa shape index (κ2) is 6.89. The van der Waals surface area contributed by atoms with E-state index in [0.29, 0.717) is 17.1 Å². The van der Waals surface area contributed by atoms with E-state index in [1.807, 2.05) is 0 Å². The maximum absolute atomic E-state index is 12.7. The molecule has 5 unspecified atom stereocenters. The standard InChI is InChI=1S/C16H31NO2S/c1-4-16(2,3)12-7-8-14(17)15(10-12)20(18)11-13-6-5-9-19-13/h12-15H,4-11,17H2,1-3H3. The molecular weight excluding hydrogens is 270 g/mol. The van der Waals surface area contributed by atoms with E-state index in [9.17, 15) is 4.21 Å². The summed E-state index contributed by atoms with van der Waals surface area (Å²) in [6, 6.07) is 0.112. The Labute approximate surface area is 126 Å². The molecule has 1 saturated heterocycles. The van der Waals surface area contributed by atoms with Crippen LogP contribution in [0.5, 0.6) is 0 Å². The molecule has 0 spiro atoms. The van der Waals surface area contributed by atoms with Crippen molar-refractivity contribution in [1.29, 1.82) is 0 Å². The summed E-state index contributed by atoms with van der Waals surface area (Å²) in [5, 5.41) is 0.170. The highest BCUT2D eigenvalue weighted by Gasteiger charge is 2.39. The minimum atomic E-state index is -0.834. The number of hydrogen-bond acceptors (Lipinski definition) is 3. The van der Waals surface area contributed by atoms with Crippen molar-refractivity contribution in [3.63, 3.8) is 0 Å². The zero-order chi connectivity index (χ0) is 14.8. The Kier molecular flexibility index (Phi) is 5.66. The highest BCUT2D eigenvalue weighted by molar-refractivity contribution is 7.85. The van der Waals surface area contributed by atoms with Crippen LogP contribution < -0.4 is 5.73 Å². The minimum Gasteiger partial charge on any atom is -0.377 e. The van der Waals surface area contributed by atoms with Gasteiger partial charge in [-0.1, -0.05) is 27.2 Å². The fourth-order valence-corrected chi connectivity index (χ4v) is 5.39. The topological polar surface area (TPSA) is 52.3 Å². The predicted octanol–water partition coefficient (Wildman–Crippen LogP) is 2.85. The van der Waals surface area contributed by atoms with Gasteiger partial charge in [0.1, 0.15) is 0 Å². The van der Waals surface area contributed by atoms with E-state index in [1.165, 1.54) is 12.8 Å². The molecule has 118 valence electrons. The number of ether oxygens (including phenoxy) is 1. The summed E-state index contributed by atoms with van der Waals surface area (Å²) in [7, 11) is -0.834. The Bertz CT molecular complexity index is 339. The molecular formula is C16H31NO2S. The molecule has 0 aromatic heterocycles. The Morgan fingerprint density at radius 2 is 2.05 bits per heavy atom. The molecule has 0 amide bonds. The van der Waals surface area contributed by atoms with Gasteiger partial charge in [-0.05, 0) is 43.4 Å². The fraction of sp³-hybridized carbons (Fsp3) is 1.00. The van der Waals surface area contributed by atoms with Gasteiger partial charge < -0.3 is 10.5 Å². The fourth-order valence-electron chi connectivity index (χ4n) is 3.54. The lowest BCUT2D eigenvalue weighted by Gasteiger charge is -2.41. The molecule has 1 aliphatic heterocycles. The maximum atomic E-state index is 12.7. The van der Waals surface area contributed by atoms with E-state index >= 15 is 0 Å². The van der Waals surface area contributed by atoms with Gasteiger partial charge in [-0.15, -0.1) is 0 Å². The SMILES string of the molecule is CCC(C)(C)C1CCC(N)C(S(=O)CC2CCCO2)C1. The largest absolute Gasteiger partial charge is 0.377 e. The summed E-state index contributed by atoms with van der Waals surface area (Å²) in [4.78, 5) is 0. The maximum Gasteiger partial charge on any atom is 0.0691 e. The van der Waals surface area contributed by atoms with Crippen LogP contribution in [0.2, 0.25) is 0 Å². The smallest absolute Gasteiger partial charge is 0.0691 e. The molecule has 2 N–H and O–H groups in total. The molecule has 1 heterocycles. The van der Waals surface area contributed by atoms with Crippen molar-refractivity contribution in [3.05, 3.63) is 0 Å². The molecule has 5 atom stereocenters. The van der Waals surface area contributed by atoms with Gasteiger partial charge in [0.05, 0.1) is 17.1 Å². The molecule has 2 rings (SSSR count). The predicted molar refractivity (Wildman–Crippen MR) is 85.2 cm³/mol.